The van der Waals surface area contributed by atoms with Crippen molar-refractivity contribution in [3.63, 3.8) is 0 Å². The summed E-state index contributed by atoms with van der Waals surface area (Å²) in [6, 6.07) is 6.18. The maximum absolute atomic E-state index is 12.7. The van der Waals surface area contributed by atoms with Crippen molar-refractivity contribution in [3.8, 4) is 10.6 Å². The molecule has 0 radical (unpaired) electrons. The maximum Gasteiger partial charge on any atom is 0.207 e. The van der Waals surface area contributed by atoms with Crippen molar-refractivity contribution in [2.24, 2.45) is 0 Å². The van der Waals surface area contributed by atoms with Gasteiger partial charge in [-0.1, -0.05) is 0 Å². The summed E-state index contributed by atoms with van der Waals surface area (Å²) >= 11 is 1.48. The van der Waals surface area contributed by atoms with Crippen molar-refractivity contribution in [1.29, 1.82) is 0 Å². The molecule has 2 aromatic rings. The molecule has 0 unspecified atom stereocenters. The van der Waals surface area contributed by atoms with Gasteiger partial charge in [0, 0.05) is 16.6 Å². The number of aromatic nitrogens is 1. The van der Waals surface area contributed by atoms with Crippen LogP contribution >= 0.6 is 11.3 Å². The van der Waals surface area contributed by atoms with Crippen molar-refractivity contribution in [3.05, 3.63) is 41.2 Å². The van der Waals surface area contributed by atoms with E-state index in [1.807, 2.05) is 0 Å². The predicted octanol–water partition coefficient (Wildman–Crippen LogP) is 2.20. The molecule has 1 amide bonds. The highest BCUT2D eigenvalue weighted by Gasteiger charge is 2.04. The monoisotopic (exact) mass is 236 g/mol. The highest BCUT2D eigenvalue weighted by molar-refractivity contribution is 7.15. The topological polar surface area (TPSA) is 42.0 Å². The van der Waals surface area contributed by atoms with Gasteiger partial charge in [-0.05, 0) is 24.3 Å². The zero-order valence-corrected chi connectivity index (χ0v) is 9.13. The molecule has 0 saturated heterocycles. The highest BCUT2D eigenvalue weighted by Crippen LogP contribution is 2.24. The molecule has 1 heterocycles. The molecule has 1 N–H and O–H groups in total. The number of nitrogens with zero attached hydrogens (tertiary/aromatic N) is 1. The Hall–Kier alpha value is -1.75. The molecule has 5 heteroatoms. The molecule has 0 fully saturated rings. The number of nitrogens with one attached hydrogen (secondary N) is 1. The Morgan fingerprint density at radius 3 is 2.81 bits per heavy atom. The van der Waals surface area contributed by atoms with Gasteiger partial charge in [0.15, 0.2) is 0 Å². The first kappa shape index (κ1) is 10.8. The van der Waals surface area contributed by atoms with E-state index in [0.717, 1.165) is 15.4 Å². The largest absolute Gasteiger partial charge is 0.354 e. The van der Waals surface area contributed by atoms with E-state index in [9.17, 15) is 9.18 Å². The Kier molecular flexibility index (Phi) is 3.26. The van der Waals surface area contributed by atoms with Crippen LogP contribution in [0.2, 0.25) is 0 Å². The van der Waals surface area contributed by atoms with Gasteiger partial charge in [-0.3, -0.25) is 4.79 Å². The van der Waals surface area contributed by atoms with Crippen LogP contribution in [0.25, 0.3) is 10.6 Å². The minimum atomic E-state index is -0.261. The summed E-state index contributed by atoms with van der Waals surface area (Å²) in [5.74, 6) is -0.261. The zero-order chi connectivity index (χ0) is 11.4. The van der Waals surface area contributed by atoms with Crippen LogP contribution in [0.15, 0.2) is 30.5 Å². The summed E-state index contributed by atoms with van der Waals surface area (Å²) < 4.78 is 12.7. The summed E-state index contributed by atoms with van der Waals surface area (Å²) in [6.45, 7) is 0.475. The SMILES string of the molecule is O=CNCc1cnc(-c2ccc(F)cc2)s1. The smallest absolute Gasteiger partial charge is 0.207 e. The minimum Gasteiger partial charge on any atom is -0.354 e. The lowest BCUT2D eigenvalue weighted by Crippen LogP contribution is -2.07. The molecule has 1 aromatic heterocycles. The molecule has 0 bridgehead atoms. The van der Waals surface area contributed by atoms with Gasteiger partial charge in [0.1, 0.15) is 10.8 Å². The molecule has 16 heavy (non-hydrogen) atoms. The van der Waals surface area contributed by atoms with Crippen molar-refractivity contribution in [2.75, 3.05) is 0 Å². The Morgan fingerprint density at radius 1 is 1.38 bits per heavy atom. The first-order valence-corrected chi connectivity index (χ1v) is 5.49. The molecule has 3 nitrogen and oxygen atoms in total. The van der Waals surface area contributed by atoms with Gasteiger partial charge < -0.3 is 5.32 Å². The van der Waals surface area contributed by atoms with Gasteiger partial charge >= 0.3 is 0 Å². The van der Waals surface area contributed by atoms with Crippen LogP contribution in [0, 0.1) is 5.82 Å². The molecule has 0 aliphatic heterocycles. The second-order valence-electron chi connectivity index (χ2n) is 3.14. The number of amides is 1. The molecule has 0 spiro atoms. The van der Waals surface area contributed by atoms with Crippen LogP contribution in [-0.4, -0.2) is 11.4 Å². The number of carbonyl (C=O) groups is 1. The molecular weight excluding hydrogens is 227 g/mol. The Balaban J connectivity index is 2.17. The third-order valence-corrected chi connectivity index (χ3v) is 3.05. The van der Waals surface area contributed by atoms with Crippen molar-refractivity contribution in [2.45, 2.75) is 6.54 Å². The fraction of sp³-hybridized carbons (Fsp3) is 0.0909. The summed E-state index contributed by atoms with van der Waals surface area (Å²) in [4.78, 5) is 15.3. The molecule has 0 aliphatic rings. The van der Waals surface area contributed by atoms with Crippen LogP contribution in [0.3, 0.4) is 0 Å². The molecule has 0 aliphatic carbocycles. The van der Waals surface area contributed by atoms with Crippen molar-refractivity contribution < 1.29 is 9.18 Å². The van der Waals surface area contributed by atoms with Crippen LogP contribution in [0.1, 0.15) is 4.88 Å². The van der Waals surface area contributed by atoms with Crippen LogP contribution in [0.5, 0.6) is 0 Å². The Bertz CT molecular complexity index is 481. The van der Waals surface area contributed by atoms with Gasteiger partial charge in [-0.2, -0.15) is 0 Å². The van der Waals surface area contributed by atoms with E-state index in [1.165, 1.54) is 23.5 Å². The number of hydrogen-bond donors (Lipinski definition) is 1. The van der Waals surface area contributed by atoms with E-state index in [0.29, 0.717) is 13.0 Å². The fourth-order valence-electron chi connectivity index (χ4n) is 1.26. The van der Waals surface area contributed by atoms with E-state index in [1.54, 1.807) is 18.3 Å². The number of hydrogen-bond acceptors (Lipinski definition) is 3. The number of rotatable bonds is 4. The predicted molar refractivity (Wildman–Crippen MR) is 60.4 cm³/mol. The second kappa shape index (κ2) is 4.85. The minimum absolute atomic E-state index is 0.261. The van der Waals surface area contributed by atoms with Gasteiger partial charge in [0.2, 0.25) is 6.41 Å². The number of benzene rings is 1. The summed E-state index contributed by atoms with van der Waals surface area (Å²) in [5, 5.41) is 3.39. The van der Waals surface area contributed by atoms with E-state index in [-0.39, 0.29) is 5.82 Å². The molecular formula is C11H9FN2OS. The first-order chi connectivity index (χ1) is 7.79. The normalized spacial score (nSPS) is 10.1. The molecule has 0 saturated carbocycles. The molecule has 82 valence electrons. The zero-order valence-electron chi connectivity index (χ0n) is 8.31. The summed E-state index contributed by atoms with van der Waals surface area (Å²) in [7, 11) is 0. The average molecular weight is 236 g/mol. The van der Waals surface area contributed by atoms with Crippen LogP contribution in [-0.2, 0) is 11.3 Å². The van der Waals surface area contributed by atoms with Gasteiger partial charge in [-0.25, -0.2) is 9.37 Å². The summed E-state index contributed by atoms with van der Waals surface area (Å²) in [5.41, 5.74) is 0.878. The quantitative estimate of drug-likeness (QED) is 0.827. The van der Waals surface area contributed by atoms with Gasteiger partial charge in [0.05, 0.1) is 6.54 Å². The van der Waals surface area contributed by atoms with E-state index < -0.39 is 0 Å². The Morgan fingerprint density at radius 2 is 2.12 bits per heavy atom. The average Bonchev–Trinajstić information content (AvgIpc) is 2.76. The standard InChI is InChI=1S/C11H9FN2OS/c12-9-3-1-8(2-4-9)11-14-6-10(16-11)5-13-7-15/h1-4,6-7H,5H2,(H,13,15). The van der Waals surface area contributed by atoms with Crippen LogP contribution < -0.4 is 5.32 Å². The Labute approximate surface area is 96.0 Å². The van der Waals surface area contributed by atoms with E-state index in [4.69, 9.17) is 0 Å². The second-order valence-corrected chi connectivity index (χ2v) is 4.25. The third-order valence-electron chi connectivity index (χ3n) is 2.00. The lowest BCUT2D eigenvalue weighted by atomic mass is 10.2. The summed E-state index contributed by atoms with van der Waals surface area (Å²) in [6.07, 6.45) is 2.36. The fourth-order valence-corrected chi connectivity index (χ4v) is 2.13. The van der Waals surface area contributed by atoms with Gasteiger partial charge in [0.25, 0.3) is 0 Å². The number of thiazole rings is 1. The lowest BCUT2D eigenvalue weighted by molar-refractivity contribution is -0.109. The number of carbonyl (C=O) groups excluding carboxylic acids is 1. The van der Waals surface area contributed by atoms with Crippen LogP contribution in [0.4, 0.5) is 4.39 Å². The lowest BCUT2D eigenvalue weighted by Gasteiger charge is -1.95. The number of halogens is 1. The van der Waals surface area contributed by atoms with E-state index in [2.05, 4.69) is 10.3 Å². The highest BCUT2D eigenvalue weighted by atomic mass is 32.1. The molecule has 1 aromatic carbocycles. The van der Waals surface area contributed by atoms with Crippen molar-refractivity contribution >= 4 is 17.7 Å². The molecule has 2 rings (SSSR count). The molecule has 0 atom stereocenters. The maximum atomic E-state index is 12.7. The first-order valence-electron chi connectivity index (χ1n) is 4.67. The van der Waals surface area contributed by atoms with Gasteiger partial charge in [-0.15, -0.1) is 11.3 Å². The third kappa shape index (κ3) is 2.43. The van der Waals surface area contributed by atoms with Crippen molar-refractivity contribution in [1.82, 2.24) is 10.3 Å². The van der Waals surface area contributed by atoms with E-state index >= 15 is 0 Å².